The van der Waals surface area contributed by atoms with Crippen LogP contribution in [0.1, 0.15) is 16.0 Å². The summed E-state index contributed by atoms with van der Waals surface area (Å²) in [6.07, 6.45) is 2.87. The summed E-state index contributed by atoms with van der Waals surface area (Å²) in [4.78, 5) is 14.1. The van der Waals surface area contributed by atoms with Crippen LogP contribution in [0, 0.1) is 0 Å². The maximum atomic E-state index is 12.7. The van der Waals surface area contributed by atoms with Crippen molar-refractivity contribution in [1.29, 1.82) is 0 Å². The van der Waals surface area contributed by atoms with E-state index in [2.05, 4.69) is 17.4 Å². The maximum absolute atomic E-state index is 12.7. The van der Waals surface area contributed by atoms with Crippen LogP contribution in [0.5, 0.6) is 5.75 Å². The van der Waals surface area contributed by atoms with Gasteiger partial charge in [-0.05, 0) is 47.2 Å². The third-order valence-corrected chi connectivity index (χ3v) is 6.38. The second kappa shape index (κ2) is 8.41. The quantitative estimate of drug-likeness (QED) is 0.516. The average molecular weight is 425 g/mol. The fourth-order valence-electron chi connectivity index (χ4n) is 3.65. The Morgan fingerprint density at radius 3 is 2.76 bits per heavy atom. The Labute approximate surface area is 179 Å². The van der Waals surface area contributed by atoms with Gasteiger partial charge < -0.3 is 10.1 Å². The molecule has 2 aromatic carbocycles. The molecule has 1 aliphatic rings. The number of hydrogen-bond acceptors (Lipinski definition) is 4. The molecule has 0 saturated carbocycles. The third kappa shape index (κ3) is 3.94. The first-order chi connectivity index (χ1) is 13.8. The molecule has 0 spiro atoms. The average Bonchev–Trinajstić information content (AvgIpc) is 3.11. The van der Waals surface area contributed by atoms with E-state index in [1.54, 1.807) is 16.8 Å². The predicted octanol–water partition coefficient (Wildman–Crippen LogP) is 4.70. The minimum absolute atomic E-state index is 0. The molecule has 0 amide bonds. The second-order valence-electron chi connectivity index (χ2n) is 6.96. The number of hydrogen-bond donors (Lipinski definition) is 1. The van der Waals surface area contributed by atoms with Crippen LogP contribution in [0.2, 0.25) is 0 Å². The standard InChI is InChI=1S/C23H20N2O2S.ClH/c26-23-13-18(27-15-16-4-2-1-3-5-16)9-11-25(23)17-6-7-21-19(12-17)20-14-24-10-8-22(20)28-21;/h1-7,9,11-13,24H,8,10,14-15H2;1H. The van der Waals surface area contributed by atoms with Gasteiger partial charge in [0.15, 0.2) is 0 Å². The van der Waals surface area contributed by atoms with Crippen molar-refractivity contribution >= 4 is 33.8 Å². The number of fused-ring (bicyclic) bond motifs is 3. The van der Waals surface area contributed by atoms with Crippen molar-refractivity contribution < 1.29 is 4.74 Å². The smallest absolute Gasteiger partial charge is 0.258 e. The van der Waals surface area contributed by atoms with Crippen LogP contribution in [-0.2, 0) is 19.6 Å². The lowest BCUT2D eigenvalue weighted by molar-refractivity contribution is 0.305. The molecule has 0 atom stereocenters. The molecule has 1 N–H and O–H groups in total. The van der Waals surface area contributed by atoms with Crippen LogP contribution >= 0.6 is 23.7 Å². The molecule has 0 fully saturated rings. The summed E-state index contributed by atoms with van der Waals surface area (Å²) in [7, 11) is 0. The van der Waals surface area contributed by atoms with Gasteiger partial charge in [-0.2, -0.15) is 0 Å². The number of nitrogens with one attached hydrogen (secondary N) is 1. The highest BCUT2D eigenvalue weighted by atomic mass is 35.5. The Bertz CT molecular complexity index is 1200. The number of nitrogens with zero attached hydrogens (tertiary/aromatic N) is 1. The number of rotatable bonds is 4. The van der Waals surface area contributed by atoms with E-state index in [4.69, 9.17) is 4.74 Å². The molecule has 0 unspecified atom stereocenters. The van der Waals surface area contributed by atoms with E-state index >= 15 is 0 Å². The van der Waals surface area contributed by atoms with Crippen molar-refractivity contribution in [2.24, 2.45) is 0 Å². The molecule has 0 bridgehead atoms. The molecule has 3 heterocycles. The van der Waals surface area contributed by atoms with E-state index in [9.17, 15) is 4.79 Å². The minimum atomic E-state index is -0.0906. The van der Waals surface area contributed by atoms with Crippen LogP contribution in [0.3, 0.4) is 0 Å². The number of benzene rings is 2. The summed E-state index contributed by atoms with van der Waals surface area (Å²) in [5, 5.41) is 4.70. The number of ether oxygens (including phenoxy) is 1. The van der Waals surface area contributed by atoms with Crippen LogP contribution in [-0.4, -0.2) is 11.1 Å². The van der Waals surface area contributed by atoms with E-state index in [0.29, 0.717) is 12.4 Å². The molecular formula is C23H21ClN2O2S. The van der Waals surface area contributed by atoms with Crippen LogP contribution in [0.4, 0.5) is 0 Å². The fourth-order valence-corrected chi connectivity index (χ4v) is 4.86. The zero-order valence-electron chi connectivity index (χ0n) is 15.8. The molecule has 0 aliphatic carbocycles. The van der Waals surface area contributed by atoms with Gasteiger partial charge in [0.1, 0.15) is 12.4 Å². The highest BCUT2D eigenvalue weighted by molar-refractivity contribution is 7.19. The topological polar surface area (TPSA) is 43.3 Å². The fraction of sp³-hybridized carbons (Fsp3) is 0.174. The number of pyridine rings is 1. The first-order valence-electron chi connectivity index (χ1n) is 9.43. The summed E-state index contributed by atoms with van der Waals surface area (Å²) in [6, 6.07) is 19.6. The first kappa shape index (κ1) is 19.7. The summed E-state index contributed by atoms with van der Waals surface area (Å²) in [5.41, 5.74) is 3.25. The van der Waals surface area contributed by atoms with E-state index in [1.807, 2.05) is 53.8 Å². The molecule has 0 saturated heterocycles. The molecule has 5 rings (SSSR count). The highest BCUT2D eigenvalue weighted by Gasteiger charge is 2.16. The Morgan fingerprint density at radius 2 is 1.93 bits per heavy atom. The van der Waals surface area contributed by atoms with Gasteiger partial charge in [-0.3, -0.25) is 9.36 Å². The lowest BCUT2D eigenvalue weighted by Gasteiger charge is -2.13. The lowest BCUT2D eigenvalue weighted by Crippen LogP contribution is -2.22. The Balaban J connectivity index is 0.00000205. The number of halogens is 1. The van der Waals surface area contributed by atoms with Crippen LogP contribution in [0.15, 0.2) is 71.7 Å². The normalized spacial score (nSPS) is 13.0. The SMILES string of the molecule is Cl.O=c1cc(OCc2ccccc2)ccn1-c1ccc2sc3c(c2c1)CNCC3. The summed E-state index contributed by atoms with van der Waals surface area (Å²) in [6.45, 7) is 2.39. The molecule has 1 aliphatic heterocycles. The van der Waals surface area contributed by atoms with Crippen molar-refractivity contribution in [2.75, 3.05) is 6.54 Å². The molecule has 2 aromatic heterocycles. The summed E-state index contributed by atoms with van der Waals surface area (Å²) in [5.74, 6) is 0.586. The summed E-state index contributed by atoms with van der Waals surface area (Å²) >= 11 is 1.87. The van der Waals surface area contributed by atoms with Crippen molar-refractivity contribution in [2.45, 2.75) is 19.6 Å². The van der Waals surface area contributed by atoms with Crippen molar-refractivity contribution in [3.05, 3.63) is 93.2 Å². The largest absolute Gasteiger partial charge is 0.489 e. The highest BCUT2D eigenvalue weighted by Crippen LogP contribution is 2.34. The molecular weight excluding hydrogens is 404 g/mol. The number of thiophene rings is 1. The second-order valence-corrected chi connectivity index (χ2v) is 8.09. The number of aromatic nitrogens is 1. The van der Waals surface area contributed by atoms with Gasteiger partial charge in [0.05, 0.1) is 0 Å². The molecule has 0 radical (unpaired) electrons. The van der Waals surface area contributed by atoms with Crippen molar-refractivity contribution in [1.82, 2.24) is 9.88 Å². The Hall–Kier alpha value is -2.60. The molecule has 4 nitrogen and oxygen atoms in total. The van der Waals surface area contributed by atoms with E-state index < -0.39 is 0 Å². The van der Waals surface area contributed by atoms with Gasteiger partial charge in [0.2, 0.25) is 0 Å². The minimum Gasteiger partial charge on any atom is -0.489 e. The lowest BCUT2D eigenvalue weighted by atomic mass is 10.1. The zero-order valence-corrected chi connectivity index (χ0v) is 17.4. The van der Waals surface area contributed by atoms with Crippen molar-refractivity contribution in [3.63, 3.8) is 0 Å². The van der Waals surface area contributed by atoms with Gasteiger partial charge in [0.25, 0.3) is 5.56 Å². The monoisotopic (exact) mass is 424 g/mol. The van der Waals surface area contributed by atoms with Gasteiger partial charge in [-0.1, -0.05) is 30.3 Å². The van der Waals surface area contributed by atoms with Crippen LogP contribution < -0.4 is 15.6 Å². The summed E-state index contributed by atoms with van der Waals surface area (Å²) < 4.78 is 8.74. The van der Waals surface area contributed by atoms with E-state index in [-0.39, 0.29) is 18.0 Å². The zero-order chi connectivity index (χ0) is 18.9. The predicted molar refractivity (Wildman–Crippen MR) is 121 cm³/mol. The Morgan fingerprint density at radius 1 is 1.07 bits per heavy atom. The van der Waals surface area contributed by atoms with Gasteiger partial charge in [-0.15, -0.1) is 23.7 Å². The van der Waals surface area contributed by atoms with Crippen LogP contribution in [0.25, 0.3) is 15.8 Å². The van der Waals surface area contributed by atoms with Gasteiger partial charge in [-0.25, -0.2) is 0 Å². The van der Waals surface area contributed by atoms with E-state index in [1.165, 1.54) is 20.5 Å². The van der Waals surface area contributed by atoms with Gasteiger partial charge in [0, 0.05) is 40.6 Å². The van der Waals surface area contributed by atoms with Gasteiger partial charge >= 0.3 is 0 Å². The Kier molecular flexibility index (Phi) is 5.72. The third-order valence-electron chi connectivity index (χ3n) is 5.11. The van der Waals surface area contributed by atoms with E-state index in [0.717, 1.165) is 30.8 Å². The first-order valence-corrected chi connectivity index (χ1v) is 10.2. The molecule has 29 heavy (non-hydrogen) atoms. The maximum Gasteiger partial charge on any atom is 0.258 e. The molecule has 6 heteroatoms. The molecule has 4 aromatic rings. The van der Waals surface area contributed by atoms with Crippen molar-refractivity contribution in [3.8, 4) is 11.4 Å². The molecule has 148 valence electrons.